The van der Waals surface area contributed by atoms with Crippen molar-refractivity contribution >= 4 is 34.3 Å². The van der Waals surface area contributed by atoms with Gasteiger partial charge in [0.25, 0.3) is 0 Å². The second-order valence-corrected chi connectivity index (χ2v) is 7.09. The van der Waals surface area contributed by atoms with Gasteiger partial charge < -0.3 is 20.9 Å². The molecule has 0 fully saturated rings. The minimum atomic E-state index is 0.0482. The molecule has 1 aliphatic rings. The summed E-state index contributed by atoms with van der Waals surface area (Å²) in [5.74, 6) is 1.37. The van der Waals surface area contributed by atoms with Crippen LogP contribution in [0.3, 0.4) is 0 Å². The molecule has 4 N–H and O–H groups in total. The standard InChI is InChI=1S/C22H20N6O/c29-21-11-17-9-14(2-4-18(17)27-21)12-25-20-6-8-24-22(28-20)26-13-15-1-3-16-5-7-23-19(16)10-15/h1-10,23H,11-13H2,(H,27,29)(H2,24,25,26,28). The normalized spacial score (nSPS) is 12.6. The molecule has 4 aromatic rings. The fraction of sp³-hybridized carbons (Fsp3) is 0.136. The first-order chi connectivity index (χ1) is 14.2. The highest BCUT2D eigenvalue weighted by atomic mass is 16.1. The molecule has 0 bridgehead atoms. The van der Waals surface area contributed by atoms with E-state index in [1.807, 2.05) is 24.4 Å². The van der Waals surface area contributed by atoms with Crippen LogP contribution in [0.25, 0.3) is 10.9 Å². The predicted octanol–water partition coefficient (Wildman–Crippen LogP) is 3.68. The Morgan fingerprint density at radius 1 is 0.966 bits per heavy atom. The zero-order chi connectivity index (χ0) is 19.6. The number of carbonyl (C=O) groups excluding carboxylic acids is 1. The second-order valence-electron chi connectivity index (χ2n) is 7.09. The molecule has 2 aromatic heterocycles. The Labute approximate surface area is 167 Å². The molecule has 0 saturated carbocycles. The Hall–Kier alpha value is -3.87. The summed E-state index contributed by atoms with van der Waals surface area (Å²) in [6.07, 6.45) is 4.12. The van der Waals surface area contributed by atoms with Gasteiger partial charge in [-0.3, -0.25) is 4.79 Å². The summed E-state index contributed by atoms with van der Waals surface area (Å²) in [5, 5.41) is 10.6. The highest BCUT2D eigenvalue weighted by Crippen LogP contribution is 2.24. The Morgan fingerprint density at radius 2 is 1.83 bits per heavy atom. The van der Waals surface area contributed by atoms with Gasteiger partial charge in [-0.05, 0) is 46.3 Å². The van der Waals surface area contributed by atoms with Crippen LogP contribution in [0.2, 0.25) is 0 Å². The number of hydrogen-bond donors (Lipinski definition) is 4. The van der Waals surface area contributed by atoms with E-state index in [4.69, 9.17) is 0 Å². The van der Waals surface area contributed by atoms with Crippen LogP contribution in [-0.2, 0) is 24.3 Å². The van der Waals surface area contributed by atoms with E-state index in [1.165, 1.54) is 5.39 Å². The number of hydrogen-bond acceptors (Lipinski definition) is 5. The summed E-state index contributed by atoms with van der Waals surface area (Å²) in [6, 6.07) is 16.2. The number of aromatic nitrogens is 3. The van der Waals surface area contributed by atoms with E-state index < -0.39 is 0 Å². The molecule has 0 atom stereocenters. The molecule has 0 saturated heterocycles. The van der Waals surface area contributed by atoms with E-state index in [0.29, 0.717) is 25.5 Å². The van der Waals surface area contributed by atoms with Gasteiger partial charge in [-0.1, -0.05) is 24.3 Å². The SMILES string of the molecule is O=C1Cc2cc(CNc3ccnc(NCc4ccc5cc[nH]c5c4)n3)ccc2N1. The molecule has 0 radical (unpaired) electrons. The maximum atomic E-state index is 11.5. The third kappa shape index (κ3) is 3.75. The van der Waals surface area contributed by atoms with E-state index in [0.717, 1.165) is 33.7 Å². The van der Waals surface area contributed by atoms with Gasteiger partial charge in [-0.2, -0.15) is 4.98 Å². The first kappa shape index (κ1) is 17.2. The van der Waals surface area contributed by atoms with Gasteiger partial charge in [0, 0.05) is 36.7 Å². The first-order valence-electron chi connectivity index (χ1n) is 9.51. The number of H-pyrrole nitrogens is 1. The van der Waals surface area contributed by atoms with Crippen molar-refractivity contribution < 1.29 is 4.79 Å². The van der Waals surface area contributed by atoms with Crippen molar-refractivity contribution in [2.24, 2.45) is 0 Å². The Morgan fingerprint density at radius 3 is 2.79 bits per heavy atom. The molecule has 7 nitrogen and oxygen atoms in total. The van der Waals surface area contributed by atoms with Gasteiger partial charge >= 0.3 is 0 Å². The molecule has 144 valence electrons. The third-order valence-corrected chi connectivity index (χ3v) is 4.99. The molecule has 0 aliphatic carbocycles. The van der Waals surface area contributed by atoms with E-state index in [2.05, 4.69) is 61.2 Å². The van der Waals surface area contributed by atoms with Crippen molar-refractivity contribution in [3.8, 4) is 0 Å². The highest BCUT2D eigenvalue weighted by molar-refractivity contribution is 5.99. The van der Waals surface area contributed by atoms with Crippen LogP contribution < -0.4 is 16.0 Å². The number of aromatic amines is 1. The molecule has 7 heteroatoms. The van der Waals surface area contributed by atoms with Gasteiger partial charge in [0.1, 0.15) is 5.82 Å². The van der Waals surface area contributed by atoms with Crippen molar-refractivity contribution in [3.63, 3.8) is 0 Å². The van der Waals surface area contributed by atoms with Crippen LogP contribution in [0, 0.1) is 0 Å². The molecule has 0 spiro atoms. The van der Waals surface area contributed by atoms with Gasteiger partial charge in [-0.25, -0.2) is 4.98 Å². The zero-order valence-corrected chi connectivity index (χ0v) is 15.7. The van der Waals surface area contributed by atoms with Gasteiger partial charge in [0.15, 0.2) is 0 Å². The number of nitrogens with zero attached hydrogens (tertiary/aromatic N) is 2. The van der Waals surface area contributed by atoms with E-state index >= 15 is 0 Å². The third-order valence-electron chi connectivity index (χ3n) is 4.99. The average molecular weight is 384 g/mol. The molecular formula is C22H20N6O. The lowest BCUT2D eigenvalue weighted by atomic mass is 10.1. The van der Waals surface area contributed by atoms with Crippen LogP contribution in [-0.4, -0.2) is 20.9 Å². The van der Waals surface area contributed by atoms with E-state index in [9.17, 15) is 4.79 Å². The minimum Gasteiger partial charge on any atom is -0.366 e. The largest absolute Gasteiger partial charge is 0.366 e. The van der Waals surface area contributed by atoms with Crippen LogP contribution in [0.5, 0.6) is 0 Å². The monoisotopic (exact) mass is 384 g/mol. The van der Waals surface area contributed by atoms with Crippen LogP contribution in [0.1, 0.15) is 16.7 Å². The molecule has 1 amide bonds. The van der Waals surface area contributed by atoms with Crippen LogP contribution >= 0.6 is 0 Å². The Balaban J connectivity index is 1.22. The Bertz CT molecular complexity index is 1200. The highest BCUT2D eigenvalue weighted by Gasteiger charge is 2.17. The zero-order valence-electron chi connectivity index (χ0n) is 15.7. The number of carbonyl (C=O) groups is 1. The van der Waals surface area contributed by atoms with Crippen molar-refractivity contribution in [2.45, 2.75) is 19.5 Å². The van der Waals surface area contributed by atoms with Gasteiger partial charge in [0.05, 0.1) is 6.42 Å². The summed E-state index contributed by atoms with van der Waals surface area (Å²) in [6.45, 7) is 1.27. The maximum Gasteiger partial charge on any atom is 0.228 e. The topological polar surface area (TPSA) is 94.7 Å². The lowest BCUT2D eigenvalue weighted by Gasteiger charge is -2.09. The maximum absolute atomic E-state index is 11.5. The number of fused-ring (bicyclic) bond motifs is 2. The lowest BCUT2D eigenvalue weighted by molar-refractivity contribution is -0.115. The fourth-order valence-electron chi connectivity index (χ4n) is 3.51. The summed E-state index contributed by atoms with van der Waals surface area (Å²) >= 11 is 0. The predicted molar refractivity (Wildman–Crippen MR) is 114 cm³/mol. The first-order valence-corrected chi connectivity index (χ1v) is 9.51. The van der Waals surface area contributed by atoms with Gasteiger partial charge in [0.2, 0.25) is 11.9 Å². The van der Waals surface area contributed by atoms with E-state index in [1.54, 1.807) is 6.20 Å². The molecule has 1 aliphatic heterocycles. The van der Waals surface area contributed by atoms with Gasteiger partial charge in [-0.15, -0.1) is 0 Å². The fourth-order valence-corrected chi connectivity index (χ4v) is 3.51. The summed E-state index contributed by atoms with van der Waals surface area (Å²) < 4.78 is 0. The molecule has 29 heavy (non-hydrogen) atoms. The van der Waals surface area contributed by atoms with Crippen molar-refractivity contribution in [3.05, 3.63) is 77.6 Å². The average Bonchev–Trinajstić information content (AvgIpc) is 3.35. The lowest BCUT2D eigenvalue weighted by Crippen LogP contribution is -2.07. The van der Waals surface area contributed by atoms with Crippen molar-refractivity contribution in [1.29, 1.82) is 0 Å². The molecule has 3 heterocycles. The summed E-state index contributed by atoms with van der Waals surface area (Å²) in [4.78, 5) is 23.5. The van der Waals surface area contributed by atoms with E-state index in [-0.39, 0.29) is 5.91 Å². The summed E-state index contributed by atoms with van der Waals surface area (Å²) in [7, 11) is 0. The molecule has 2 aromatic carbocycles. The van der Waals surface area contributed by atoms with Crippen molar-refractivity contribution in [2.75, 3.05) is 16.0 Å². The van der Waals surface area contributed by atoms with Crippen molar-refractivity contribution in [1.82, 2.24) is 15.0 Å². The molecule has 5 rings (SSSR count). The summed E-state index contributed by atoms with van der Waals surface area (Å²) in [5.41, 5.74) is 5.32. The molecule has 0 unspecified atom stereocenters. The quantitative estimate of drug-likeness (QED) is 0.407. The number of benzene rings is 2. The van der Waals surface area contributed by atoms with Crippen LogP contribution in [0.15, 0.2) is 60.9 Å². The number of amides is 1. The smallest absolute Gasteiger partial charge is 0.228 e. The molecular weight excluding hydrogens is 364 g/mol. The minimum absolute atomic E-state index is 0.0482. The number of anilines is 3. The number of nitrogens with one attached hydrogen (secondary N) is 4. The van der Waals surface area contributed by atoms with Crippen LogP contribution in [0.4, 0.5) is 17.5 Å². The Kier molecular flexibility index (Phi) is 4.32. The second kappa shape index (κ2) is 7.27. The number of rotatable bonds is 6.